The molecule has 4 heteroatoms. The third-order valence-electron chi connectivity index (χ3n) is 4.81. The molecule has 0 aliphatic carbocycles. The first-order valence-corrected chi connectivity index (χ1v) is 8.53. The van der Waals surface area contributed by atoms with Gasteiger partial charge in [0.15, 0.2) is 0 Å². The summed E-state index contributed by atoms with van der Waals surface area (Å²) < 4.78 is 0. The minimum atomic E-state index is -0.0141. The van der Waals surface area contributed by atoms with E-state index in [0.29, 0.717) is 18.7 Å². The molecule has 0 saturated heterocycles. The Morgan fingerprint density at radius 3 is 2.85 bits per heavy atom. The van der Waals surface area contributed by atoms with Gasteiger partial charge in [-0.15, -0.1) is 0 Å². The van der Waals surface area contributed by atoms with Crippen molar-refractivity contribution in [3.05, 3.63) is 77.5 Å². The highest BCUT2D eigenvalue weighted by molar-refractivity contribution is 6.05. The molecule has 0 atom stereocenters. The Bertz CT molecular complexity index is 1080. The molecule has 0 fully saturated rings. The average molecular weight is 339 g/mol. The molecule has 0 radical (unpaired) electrons. The van der Waals surface area contributed by atoms with Crippen molar-refractivity contribution >= 4 is 16.7 Å². The number of nitrogens with zero attached hydrogens (tertiary/aromatic N) is 3. The van der Waals surface area contributed by atoms with Crippen molar-refractivity contribution in [2.75, 3.05) is 6.54 Å². The number of hydrogen-bond acceptors (Lipinski definition) is 3. The van der Waals surface area contributed by atoms with Crippen LogP contribution in [0.25, 0.3) is 22.0 Å². The summed E-state index contributed by atoms with van der Waals surface area (Å²) in [6.45, 7) is 2.69. The van der Waals surface area contributed by atoms with Gasteiger partial charge in [-0.1, -0.05) is 30.3 Å². The molecule has 4 rings (SSSR count). The lowest BCUT2D eigenvalue weighted by Crippen LogP contribution is -2.25. The van der Waals surface area contributed by atoms with E-state index in [1.54, 1.807) is 17.2 Å². The number of benzene rings is 2. The summed E-state index contributed by atoms with van der Waals surface area (Å²) in [5, 5.41) is 11.3. The molecule has 0 spiro atoms. The fourth-order valence-electron chi connectivity index (χ4n) is 3.40. The van der Waals surface area contributed by atoms with Gasteiger partial charge in [0.2, 0.25) is 0 Å². The van der Waals surface area contributed by atoms with Crippen molar-refractivity contribution in [2.45, 2.75) is 13.5 Å². The molecule has 26 heavy (non-hydrogen) atoms. The van der Waals surface area contributed by atoms with Gasteiger partial charge in [0.05, 0.1) is 18.3 Å². The lowest BCUT2D eigenvalue weighted by atomic mass is 9.98. The zero-order chi connectivity index (χ0) is 18.1. The Balaban J connectivity index is 1.79. The first kappa shape index (κ1) is 16.0. The highest BCUT2D eigenvalue weighted by Gasteiger charge is 2.29. The number of fused-ring (bicyclic) bond motifs is 3. The smallest absolute Gasteiger partial charge is 0.254 e. The standard InChI is InChI=1S/C22H17N3O/c1-2-15(12-23)13-25-14-20-18(22(25)26)9-8-16-6-7-17(11-19(16)20)21-5-3-4-10-24-21/h2-11H,13-14H2,1H3/b15-2-. The second-order valence-electron chi connectivity index (χ2n) is 6.33. The predicted molar refractivity (Wildman–Crippen MR) is 101 cm³/mol. The zero-order valence-electron chi connectivity index (χ0n) is 14.4. The molecule has 126 valence electrons. The van der Waals surface area contributed by atoms with Crippen molar-refractivity contribution in [2.24, 2.45) is 0 Å². The maximum atomic E-state index is 12.7. The zero-order valence-corrected chi connectivity index (χ0v) is 14.4. The fourth-order valence-corrected chi connectivity index (χ4v) is 3.40. The molecule has 0 bridgehead atoms. The summed E-state index contributed by atoms with van der Waals surface area (Å²) >= 11 is 0. The molecule has 1 amide bonds. The van der Waals surface area contributed by atoms with Gasteiger partial charge in [0.1, 0.15) is 0 Å². The quantitative estimate of drug-likeness (QED) is 0.668. The lowest BCUT2D eigenvalue weighted by Gasteiger charge is -2.14. The average Bonchev–Trinajstić information content (AvgIpc) is 3.02. The van der Waals surface area contributed by atoms with Crippen molar-refractivity contribution < 1.29 is 4.79 Å². The van der Waals surface area contributed by atoms with Crippen LogP contribution in [0.1, 0.15) is 22.8 Å². The monoisotopic (exact) mass is 339 g/mol. The maximum absolute atomic E-state index is 12.7. The van der Waals surface area contributed by atoms with Gasteiger partial charge in [-0.3, -0.25) is 9.78 Å². The number of hydrogen-bond donors (Lipinski definition) is 0. The van der Waals surface area contributed by atoms with Crippen LogP contribution in [-0.4, -0.2) is 22.3 Å². The maximum Gasteiger partial charge on any atom is 0.254 e. The fraction of sp³-hybridized carbons (Fsp3) is 0.136. The van der Waals surface area contributed by atoms with E-state index in [4.69, 9.17) is 5.26 Å². The van der Waals surface area contributed by atoms with Crippen molar-refractivity contribution in [1.29, 1.82) is 5.26 Å². The van der Waals surface area contributed by atoms with E-state index in [2.05, 4.69) is 29.3 Å². The van der Waals surface area contributed by atoms with E-state index in [1.807, 2.05) is 37.3 Å². The van der Waals surface area contributed by atoms with Crippen LogP contribution in [-0.2, 0) is 6.54 Å². The van der Waals surface area contributed by atoms with Crippen molar-refractivity contribution in [3.63, 3.8) is 0 Å². The number of amides is 1. The molecule has 1 aliphatic heterocycles. The molecule has 1 aromatic heterocycles. The van der Waals surface area contributed by atoms with E-state index in [0.717, 1.165) is 33.2 Å². The highest BCUT2D eigenvalue weighted by Crippen LogP contribution is 2.33. The molecular weight excluding hydrogens is 322 g/mol. The summed E-state index contributed by atoms with van der Waals surface area (Å²) in [4.78, 5) is 18.9. The number of pyridine rings is 1. The predicted octanol–water partition coefficient (Wildman–Crippen LogP) is 4.33. The Labute approximate surface area is 152 Å². The van der Waals surface area contributed by atoms with Gasteiger partial charge in [-0.25, -0.2) is 0 Å². The lowest BCUT2D eigenvalue weighted by molar-refractivity contribution is 0.0794. The molecule has 3 aromatic rings. The van der Waals surface area contributed by atoms with Crippen molar-refractivity contribution in [1.82, 2.24) is 9.88 Å². The van der Waals surface area contributed by atoms with E-state index in [9.17, 15) is 4.79 Å². The van der Waals surface area contributed by atoms with Gasteiger partial charge >= 0.3 is 0 Å². The molecule has 0 N–H and O–H groups in total. The normalized spacial score (nSPS) is 13.8. The minimum Gasteiger partial charge on any atom is -0.329 e. The number of nitriles is 1. The Hall–Kier alpha value is -3.45. The van der Waals surface area contributed by atoms with E-state index in [1.165, 1.54) is 0 Å². The summed E-state index contributed by atoms with van der Waals surface area (Å²) in [7, 11) is 0. The molecule has 1 aliphatic rings. The molecule has 2 aromatic carbocycles. The van der Waals surface area contributed by atoms with Crippen molar-refractivity contribution in [3.8, 4) is 17.3 Å². The van der Waals surface area contributed by atoms with Crippen LogP contribution in [0.5, 0.6) is 0 Å². The second-order valence-corrected chi connectivity index (χ2v) is 6.33. The van der Waals surface area contributed by atoms with Gasteiger partial charge in [-0.05, 0) is 47.5 Å². The third kappa shape index (κ3) is 2.64. The number of carbonyl (C=O) groups is 1. The van der Waals surface area contributed by atoms with Crippen LogP contribution in [0.2, 0.25) is 0 Å². The number of aromatic nitrogens is 1. The van der Waals surface area contributed by atoms with Gasteiger partial charge in [-0.2, -0.15) is 5.26 Å². The summed E-state index contributed by atoms with van der Waals surface area (Å²) in [6, 6.07) is 18.1. The first-order chi connectivity index (χ1) is 12.7. The minimum absolute atomic E-state index is 0.0141. The highest BCUT2D eigenvalue weighted by atomic mass is 16.2. The Morgan fingerprint density at radius 1 is 1.27 bits per heavy atom. The van der Waals surface area contributed by atoms with Gasteiger partial charge in [0.25, 0.3) is 5.91 Å². The van der Waals surface area contributed by atoms with Crippen LogP contribution in [0, 0.1) is 11.3 Å². The van der Waals surface area contributed by atoms with Crippen LogP contribution in [0.4, 0.5) is 0 Å². The van der Waals surface area contributed by atoms with E-state index >= 15 is 0 Å². The van der Waals surface area contributed by atoms with Gasteiger partial charge in [0, 0.05) is 29.4 Å². The molecule has 0 saturated carbocycles. The van der Waals surface area contributed by atoms with Gasteiger partial charge < -0.3 is 4.90 Å². The SMILES string of the molecule is C/C=C(/C#N)CN1Cc2c(ccc3ccc(-c4ccccn4)cc23)C1=O. The number of allylic oxidation sites excluding steroid dienone is 1. The molecule has 4 nitrogen and oxygen atoms in total. The Morgan fingerprint density at radius 2 is 2.12 bits per heavy atom. The second kappa shape index (κ2) is 6.45. The first-order valence-electron chi connectivity index (χ1n) is 8.53. The van der Waals surface area contributed by atoms with Crippen LogP contribution in [0.3, 0.4) is 0 Å². The van der Waals surface area contributed by atoms with E-state index < -0.39 is 0 Å². The van der Waals surface area contributed by atoms with Crippen LogP contribution >= 0.6 is 0 Å². The third-order valence-corrected chi connectivity index (χ3v) is 4.81. The van der Waals surface area contributed by atoms with Crippen LogP contribution < -0.4 is 0 Å². The summed E-state index contributed by atoms with van der Waals surface area (Å²) in [5.41, 5.74) is 4.30. The number of carbonyl (C=O) groups excluding carboxylic acids is 1. The Kier molecular flexibility index (Phi) is 3.98. The largest absolute Gasteiger partial charge is 0.329 e. The van der Waals surface area contributed by atoms with E-state index in [-0.39, 0.29) is 5.91 Å². The summed E-state index contributed by atoms with van der Waals surface area (Å²) in [5.74, 6) is -0.0141. The molecular formula is C22H17N3O. The molecule has 2 heterocycles. The summed E-state index contributed by atoms with van der Waals surface area (Å²) in [6.07, 6.45) is 3.54. The number of rotatable bonds is 3. The topological polar surface area (TPSA) is 57.0 Å². The molecule has 0 unspecified atom stereocenters. The van der Waals surface area contributed by atoms with Crippen LogP contribution in [0.15, 0.2) is 66.4 Å².